The summed E-state index contributed by atoms with van der Waals surface area (Å²) in [4.78, 5) is 0. The molecule has 0 N–H and O–H groups in total. The Kier molecular flexibility index (Phi) is 4.52. The lowest BCUT2D eigenvalue weighted by Gasteiger charge is -2.14. The van der Waals surface area contributed by atoms with Crippen molar-refractivity contribution in [2.75, 3.05) is 6.61 Å². The number of rotatable bonds is 6. The summed E-state index contributed by atoms with van der Waals surface area (Å²) in [7, 11) is 0. The minimum Gasteiger partial charge on any atom is -0.494 e. The monoisotopic (exact) mass is 268 g/mol. The highest BCUT2D eigenvalue weighted by molar-refractivity contribution is 6.30. The molecule has 0 aliphatic carbocycles. The van der Waals surface area contributed by atoms with Crippen LogP contribution in [0.15, 0.2) is 18.2 Å². The van der Waals surface area contributed by atoms with Gasteiger partial charge in [0.2, 0.25) is 0 Å². The van der Waals surface area contributed by atoms with Gasteiger partial charge in [-0.3, -0.25) is 0 Å². The largest absolute Gasteiger partial charge is 0.494 e. The van der Waals surface area contributed by atoms with Crippen LogP contribution in [0.25, 0.3) is 0 Å². The molecule has 0 radical (unpaired) electrons. The van der Waals surface area contributed by atoms with Crippen LogP contribution >= 0.6 is 11.6 Å². The van der Waals surface area contributed by atoms with E-state index >= 15 is 0 Å². The van der Waals surface area contributed by atoms with Crippen LogP contribution in [0.5, 0.6) is 5.75 Å². The predicted molar refractivity (Wildman–Crippen MR) is 74.4 cm³/mol. The molecule has 18 heavy (non-hydrogen) atoms. The molecular formula is C15H21ClO2. The maximum absolute atomic E-state index is 6.06. The topological polar surface area (TPSA) is 21.8 Å². The summed E-state index contributed by atoms with van der Waals surface area (Å²) in [5.74, 6) is 1.45. The van der Waals surface area contributed by atoms with Gasteiger partial charge in [-0.25, -0.2) is 0 Å². The molecule has 3 atom stereocenters. The number of ether oxygens (including phenoxy) is 2. The molecular weight excluding hydrogens is 248 g/mol. The van der Waals surface area contributed by atoms with Crippen molar-refractivity contribution < 1.29 is 9.47 Å². The molecule has 2 rings (SSSR count). The van der Waals surface area contributed by atoms with Crippen LogP contribution in [0.1, 0.15) is 32.8 Å². The predicted octanol–water partition coefficient (Wildman–Crippen LogP) is 4.09. The van der Waals surface area contributed by atoms with E-state index in [0.29, 0.717) is 24.7 Å². The number of hydrogen-bond acceptors (Lipinski definition) is 2. The molecule has 0 amide bonds. The lowest BCUT2D eigenvalue weighted by Crippen LogP contribution is -2.11. The fourth-order valence-electron chi connectivity index (χ4n) is 2.45. The van der Waals surface area contributed by atoms with Crippen LogP contribution in [0, 0.1) is 5.92 Å². The molecule has 100 valence electrons. The molecule has 2 nitrogen and oxygen atoms in total. The van der Waals surface area contributed by atoms with E-state index in [0.717, 1.165) is 23.6 Å². The van der Waals surface area contributed by atoms with E-state index in [1.807, 2.05) is 25.1 Å². The lowest BCUT2D eigenvalue weighted by molar-refractivity contribution is 0.314. The molecule has 1 heterocycles. The van der Waals surface area contributed by atoms with Gasteiger partial charge in [0.15, 0.2) is 0 Å². The molecule has 0 saturated carbocycles. The molecule has 3 heteroatoms. The van der Waals surface area contributed by atoms with Gasteiger partial charge in [0, 0.05) is 5.02 Å². The number of benzene rings is 1. The summed E-state index contributed by atoms with van der Waals surface area (Å²) < 4.78 is 11.3. The molecule has 1 aromatic carbocycles. The Hall–Kier alpha value is -0.730. The smallest absolute Gasteiger partial charge is 0.122 e. The summed E-state index contributed by atoms with van der Waals surface area (Å²) >= 11 is 6.06. The Morgan fingerprint density at radius 2 is 2.17 bits per heavy atom. The number of halogens is 1. The Labute approximate surface area is 114 Å². The third kappa shape index (κ3) is 3.18. The maximum atomic E-state index is 6.06. The SMILES string of the molecule is CCOc1ccc(Cl)cc1CC(C)C1OC1CC. The van der Waals surface area contributed by atoms with Gasteiger partial charge in [0.05, 0.1) is 18.8 Å². The highest BCUT2D eigenvalue weighted by Gasteiger charge is 2.41. The fraction of sp³-hybridized carbons (Fsp3) is 0.600. The minimum absolute atomic E-state index is 0.406. The molecule has 1 aliphatic rings. The molecule has 1 aliphatic heterocycles. The van der Waals surface area contributed by atoms with Crippen LogP contribution < -0.4 is 4.74 Å². The van der Waals surface area contributed by atoms with E-state index < -0.39 is 0 Å². The van der Waals surface area contributed by atoms with Crippen molar-refractivity contribution in [3.05, 3.63) is 28.8 Å². The molecule has 3 unspecified atom stereocenters. The lowest BCUT2D eigenvalue weighted by atomic mass is 9.95. The van der Waals surface area contributed by atoms with E-state index in [4.69, 9.17) is 21.1 Å². The summed E-state index contributed by atoms with van der Waals surface area (Å²) in [5.41, 5.74) is 1.18. The van der Waals surface area contributed by atoms with E-state index in [1.165, 1.54) is 5.56 Å². The Morgan fingerprint density at radius 3 is 2.78 bits per heavy atom. The first-order chi connectivity index (χ1) is 8.65. The summed E-state index contributed by atoms with van der Waals surface area (Å²) in [6.07, 6.45) is 2.91. The van der Waals surface area contributed by atoms with Gasteiger partial charge in [-0.2, -0.15) is 0 Å². The third-order valence-electron chi connectivity index (χ3n) is 3.45. The number of hydrogen-bond donors (Lipinski definition) is 0. The van der Waals surface area contributed by atoms with Crippen LogP contribution in [-0.2, 0) is 11.2 Å². The molecule has 0 bridgehead atoms. The maximum Gasteiger partial charge on any atom is 0.122 e. The van der Waals surface area contributed by atoms with E-state index in [2.05, 4.69) is 13.8 Å². The van der Waals surface area contributed by atoms with Gasteiger partial charge in [0.25, 0.3) is 0 Å². The first kappa shape index (κ1) is 13.7. The Balaban J connectivity index is 2.05. The van der Waals surface area contributed by atoms with Crippen LogP contribution in [0.3, 0.4) is 0 Å². The van der Waals surface area contributed by atoms with Crippen molar-refractivity contribution in [1.29, 1.82) is 0 Å². The van der Waals surface area contributed by atoms with Crippen molar-refractivity contribution in [1.82, 2.24) is 0 Å². The van der Waals surface area contributed by atoms with Crippen molar-refractivity contribution in [3.63, 3.8) is 0 Å². The molecule has 1 saturated heterocycles. The summed E-state index contributed by atoms with van der Waals surface area (Å²) in [6, 6.07) is 5.84. The van der Waals surface area contributed by atoms with E-state index in [-0.39, 0.29) is 0 Å². The van der Waals surface area contributed by atoms with Crippen molar-refractivity contribution in [3.8, 4) is 5.75 Å². The van der Waals surface area contributed by atoms with Crippen molar-refractivity contribution in [2.45, 2.75) is 45.8 Å². The van der Waals surface area contributed by atoms with Crippen molar-refractivity contribution in [2.24, 2.45) is 5.92 Å². The van der Waals surface area contributed by atoms with Crippen molar-refractivity contribution >= 4 is 11.6 Å². The zero-order valence-corrected chi connectivity index (χ0v) is 12.0. The van der Waals surface area contributed by atoms with Gasteiger partial charge < -0.3 is 9.47 Å². The Morgan fingerprint density at radius 1 is 1.39 bits per heavy atom. The van der Waals surface area contributed by atoms with Crippen LogP contribution in [0.4, 0.5) is 0 Å². The average Bonchev–Trinajstić information content (AvgIpc) is 3.12. The zero-order valence-electron chi connectivity index (χ0n) is 11.3. The fourth-order valence-corrected chi connectivity index (χ4v) is 2.65. The van der Waals surface area contributed by atoms with Gasteiger partial charge in [0.1, 0.15) is 5.75 Å². The quantitative estimate of drug-likeness (QED) is 0.725. The molecule has 0 aromatic heterocycles. The second kappa shape index (κ2) is 5.94. The van der Waals surface area contributed by atoms with E-state index in [1.54, 1.807) is 0 Å². The van der Waals surface area contributed by atoms with E-state index in [9.17, 15) is 0 Å². The molecule has 1 fully saturated rings. The average molecular weight is 269 g/mol. The highest BCUT2D eigenvalue weighted by atomic mass is 35.5. The van der Waals surface area contributed by atoms with Crippen LogP contribution in [-0.4, -0.2) is 18.8 Å². The normalized spacial score (nSPS) is 23.8. The van der Waals surface area contributed by atoms with Gasteiger partial charge in [-0.15, -0.1) is 0 Å². The molecule has 0 spiro atoms. The molecule has 1 aromatic rings. The minimum atomic E-state index is 0.406. The van der Waals surface area contributed by atoms with Gasteiger partial charge >= 0.3 is 0 Å². The number of epoxide rings is 1. The summed E-state index contributed by atoms with van der Waals surface area (Å²) in [6.45, 7) is 7.08. The highest BCUT2D eigenvalue weighted by Crippen LogP contribution is 2.35. The second-order valence-electron chi connectivity index (χ2n) is 4.91. The zero-order chi connectivity index (χ0) is 13.1. The third-order valence-corrected chi connectivity index (χ3v) is 3.68. The first-order valence-corrected chi connectivity index (χ1v) is 7.10. The van der Waals surface area contributed by atoms with Gasteiger partial charge in [-0.1, -0.05) is 25.4 Å². The van der Waals surface area contributed by atoms with Gasteiger partial charge in [-0.05, 0) is 49.4 Å². The summed E-state index contributed by atoms with van der Waals surface area (Å²) in [5, 5.41) is 0.768. The second-order valence-corrected chi connectivity index (χ2v) is 5.35. The van der Waals surface area contributed by atoms with Crippen LogP contribution in [0.2, 0.25) is 5.02 Å². The Bertz CT molecular complexity index is 405. The first-order valence-electron chi connectivity index (χ1n) is 6.72. The standard InChI is InChI=1S/C15H21ClO2/c1-4-13-15(18-13)10(3)8-11-9-12(16)6-7-14(11)17-5-2/h6-7,9-10,13,15H,4-5,8H2,1-3H3.